The summed E-state index contributed by atoms with van der Waals surface area (Å²) < 4.78 is 13.3. The van der Waals surface area contributed by atoms with Gasteiger partial charge in [0.15, 0.2) is 5.16 Å². The molecule has 0 aliphatic rings. The number of nitrogens with zero attached hydrogens (tertiary/aromatic N) is 5. The van der Waals surface area contributed by atoms with Crippen molar-refractivity contribution in [3.63, 3.8) is 0 Å². The smallest absolute Gasteiger partial charge is 0.247 e. The summed E-state index contributed by atoms with van der Waals surface area (Å²) in [6.45, 7) is 4.21. The molecule has 0 spiro atoms. The van der Waals surface area contributed by atoms with Crippen LogP contribution in [0.1, 0.15) is 28.4 Å². The van der Waals surface area contributed by atoms with Gasteiger partial charge in [-0.3, -0.25) is 4.57 Å². The summed E-state index contributed by atoms with van der Waals surface area (Å²) in [5.74, 6) is 3.15. The number of thioether (sulfide) groups is 1. The maximum Gasteiger partial charge on any atom is 0.247 e. The fourth-order valence-corrected chi connectivity index (χ4v) is 4.67. The lowest BCUT2D eigenvalue weighted by Crippen LogP contribution is -2.06. The van der Waals surface area contributed by atoms with Gasteiger partial charge in [-0.15, -0.1) is 20.4 Å². The lowest BCUT2D eigenvalue weighted by atomic mass is 10.1. The third-order valence-electron chi connectivity index (χ3n) is 5.63. The number of rotatable bonds is 8. The van der Waals surface area contributed by atoms with Gasteiger partial charge in [-0.05, 0) is 55.3 Å². The molecule has 0 radical (unpaired) electrons. The van der Waals surface area contributed by atoms with Crippen LogP contribution in [0, 0.1) is 13.8 Å². The Kier molecular flexibility index (Phi) is 6.63. The molecule has 0 unspecified atom stereocenters. The molecular weight excluding hydrogens is 458 g/mol. The van der Waals surface area contributed by atoms with Crippen LogP contribution in [-0.2, 0) is 12.2 Å². The average molecular weight is 484 g/mol. The molecule has 0 aliphatic heterocycles. The number of methoxy groups -OCH3 is 1. The highest BCUT2D eigenvalue weighted by Gasteiger charge is 2.18. The molecule has 0 bridgehead atoms. The molecule has 2 heterocycles. The zero-order chi connectivity index (χ0) is 24.2. The Morgan fingerprint density at radius 3 is 2.43 bits per heavy atom. The maximum absolute atomic E-state index is 5.91. The van der Waals surface area contributed by atoms with Crippen molar-refractivity contribution in [1.82, 2.24) is 25.0 Å². The molecule has 5 aromatic rings. The summed E-state index contributed by atoms with van der Waals surface area (Å²) in [5, 5.41) is 18.3. The Labute approximate surface area is 208 Å². The van der Waals surface area contributed by atoms with E-state index in [4.69, 9.17) is 9.15 Å². The molecule has 3 aromatic carbocycles. The Morgan fingerprint density at radius 2 is 1.69 bits per heavy atom. The molecule has 176 valence electrons. The van der Waals surface area contributed by atoms with Crippen LogP contribution >= 0.6 is 11.8 Å². The summed E-state index contributed by atoms with van der Waals surface area (Å²) >= 11 is 1.53. The maximum atomic E-state index is 5.91. The van der Waals surface area contributed by atoms with Gasteiger partial charge in [0.1, 0.15) is 11.6 Å². The van der Waals surface area contributed by atoms with Crippen molar-refractivity contribution in [3.8, 4) is 22.9 Å². The quantitative estimate of drug-likeness (QED) is 0.257. The van der Waals surface area contributed by atoms with Gasteiger partial charge in [0.25, 0.3) is 0 Å². The van der Waals surface area contributed by atoms with Gasteiger partial charge in [0, 0.05) is 12.0 Å². The number of aromatic nitrogens is 5. The summed E-state index contributed by atoms with van der Waals surface area (Å²) in [6, 6.07) is 24.3. The molecule has 0 saturated carbocycles. The van der Waals surface area contributed by atoms with E-state index in [0.717, 1.165) is 28.0 Å². The average Bonchev–Trinajstić information content (AvgIpc) is 3.51. The zero-order valence-electron chi connectivity index (χ0n) is 19.8. The van der Waals surface area contributed by atoms with E-state index in [0.29, 0.717) is 24.0 Å². The molecule has 0 amide bonds. The minimum atomic E-state index is 0.476. The lowest BCUT2D eigenvalue weighted by Gasteiger charge is -2.13. The summed E-state index contributed by atoms with van der Waals surface area (Å²) in [6.07, 6.45) is 0.684. The number of hydrogen-bond donors (Lipinski definition) is 0. The molecule has 8 heteroatoms. The van der Waals surface area contributed by atoms with E-state index in [2.05, 4.69) is 69.1 Å². The van der Waals surface area contributed by atoms with E-state index < -0.39 is 0 Å². The Bertz CT molecular complexity index is 1430. The highest BCUT2D eigenvalue weighted by Crippen LogP contribution is 2.29. The van der Waals surface area contributed by atoms with Gasteiger partial charge >= 0.3 is 0 Å². The van der Waals surface area contributed by atoms with E-state index in [9.17, 15) is 0 Å². The second-order valence-electron chi connectivity index (χ2n) is 8.20. The topological polar surface area (TPSA) is 78.9 Å². The van der Waals surface area contributed by atoms with Gasteiger partial charge in [-0.1, -0.05) is 59.8 Å². The fourth-order valence-electron chi connectivity index (χ4n) is 3.87. The molecule has 0 fully saturated rings. The van der Waals surface area contributed by atoms with Crippen LogP contribution in [0.5, 0.6) is 5.75 Å². The third-order valence-corrected chi connectivity index (χ3v) is 6.54. The molecule has 0 atom stereocenters. The van der Waals surface area contributed by atoms with Crippen LogP contribution < -0.4 is 4.74 Å². The predicted octanol–water partition coefficient (Wildman–Crippen LogP) is 5.83. The minimum Gasteiger partial charge on any atom is -0.497 e. The zero-order valence-corrected chi connectivity index (χ0v) is 20.6. The normalized spacial score (nSPS) is 11.1. The largest absolute Gasteiger partial charge is 0.497 e. The molecule has 35 heavy (non-hydrogen) atoms. The first kappa shape index (κ1) is 22.9. The van der Waals surface area contributed by atoms with Crippen LogP contribution in [0.2, 0.25) is 0 Å². The van der Waals surface area contributed by atoms with Crippen molar-refractivity contribution in [2.75, 3.05) is 7.11 Å². The van der Waals surface area contributed by atoms with Crippen LogP contribution in [0.4, 0.5) is 0 Å². The van der Waals surface area contributed by atoms with Crippen molar-refractivity contribution < 1.29 is 9.15 Å². The van der Waals surface area contributed by atoms with Crippen LogP contribution in [-0.4, -0.2) is 32.1 Å². The second kappa shape index (κ2) is 10.1. The highest BCUT2D eigenvalue weighted by molar-refractivity contribution is 7.98. The number of ether oxygens (including phenoxy) is 1. The second-order valence-corrected chi connectivity index (χ2v) is 9.15. The predicted molar refractivity (Wildman–Crippen MR) is 136 cm³/mol. The molecule has 0 N–H and O–H groups in total. The van der Waals surface area contributed by atoms with Crippen molar-refractivity contribution in [2.45, 2.75) is 31.2 Å². The SMILES string of the molecule is COc1ccc(-c2nnc(CSc3nnc(Cc4ccccc4)n3-c3ccc(C)cc3C)o2)cc1. The van der Waals surface area contributed by atoms with Gasteiger partial charge in [-0.25, -0.2) is 0 Å². The molecule has 0 saturated heterocycles. The first-order valence-electron chi connectivity index (χ1n) is 11.3. The summed E-state index contributed by atoms with van der Waals surface area (Å²) in [5.41, 5.74) is 5.48. The summed E-state index contributed by atoms with van der Waals surface area (Å²) in [4.78, 5) is 0. The van der Waals surface area contributed by atoms with Crippen LogP contribution in [0.15, 0.2) is 82.4 Å². The van der Waals surface area contributed by atoms with Crippen LogP contribution in [0.25, 0.3) is 17.1 Å². The Hall–Kier alpha value is -3.91. The van der Waals surface area contributed by atoms with Crippen molar-refractivity contribution in [3.05, 3.63) is 101 Å². The Morgan fingerprint density at radius 1 is 0.886 bits per heavy atom. The molecule has 5 rings (SSSR count). The van der Waals surface area contributed by atoms with Gasteiger partial charge < -0.3 is 9.15 Å². The van der Waals surface area contributed by atoms with Gasteiger partial charge in [0.05, 0.1) is 18.6 Å². The highest BCUT2D eigenvalue weighted by atomic mass is 32.2. The van der Waals surface area contributed by atoms with Crippen molar-refractivity contribution >= 4 is 11.8 Å². The van der Waals surface area contributed by atoms with Crippen molar-refractivity contribution in [2.24, 2.45) is 0 Å². The van der Waals surface area contributed by atoms with Gasteiger partial charge in [-0.2, -0.15) is 0 Å². The van der Waals surface area contributed by atoms with E-state index in [1.54, 1.807) is 7.11 Å². The molecular formula is C27H25N5O2S. The van der Waals surface area contributed by atoms with Gasteiger partial charge in [0.2, 0.25) is 11.8 Å². The fraction of sp³-hybridized carbons (Fsp3) is 0.185. The summed E-state index contributed by atoms with van der Waals surface area (Å²) in [7, 11) is 1.64. The van der Waals surface area contributed by atoms with E-state index in [1.807, 2.05) is 42.5 Å². The van der Waals surface area contributed by atoms with E-state index in [-0.39, 0.29) is 0 Å². The first-order chi connectivity index (χ1) is 17.1. The molecule has 0 aliphatic carbocycles. The third kappa shape index (κ3) is 5.12. The first-order valence-corrected chi connectivity index (χ1v) is 12.2. The van der Waals surface area contributed by atoms with Crippen LogP contribution in [0.3, 0.4) is 0 Å². The number of benzene rings is 3. The Balaban J connectivity index is 1.41. The standard InChI is InChI=1S/C27H25N5O2S/c1-18-9-14-23(19(2)15-18)32-24(16-20-7-5-4-6-8-20)28-31-27(32)35-17-25-29-30-26(34-25)21-10-12-22(33-3)13-11-21/h4-15H,16-17H2,1-3H3. The van der Waals surface area contributed by atoms with E-state index in [1.165, 1.54) is 28.5 Å². The molecule has 7 nitrogen and oxygen atoms in total. The minimum absolute atomic E-state index is 0.476. The number of hydrogen-bond acceptors (Lipinski definition) is 7. The lowest BCUT2D eigenvalue weighted by molar-refractivity contribution is 0.415. The van der Waals surface area contributed by atoms with E-state index >= 15 is 0 Å². The van der Waals surface area contributed by atoms with Crippen molar-refractivity contribution in [1.29, 1.82) is 0 Å². The molecule has 2 aromatic heterocycles. The number of aryl methyl sites for hydroxylation is 2. The monoisotopic (exact) mass is 483 g/mol.